The molecule has 0 bridgehead atoms. The number of aromatic nitrogens is 1. The van der Waals surface area contributed by atoms with Crippen LogP contribution >= 0.6 is 0 Å². The van der Waals surface area contributed by atoms with Crippen LogP contribution in [0.15, 0.2) is 140 Å². The minimum atomic E-state index is -6.13. The number of benzene rings is 6. The van der Waals surface area contributed by atoms with Crippen molar-refractivity contribution in [3.05, 3.63) is 200 Å². The van der Waals surface area contributed by atoms with Crippen molar-refractivity contribution >= 4 is 44.5 Å². The first-order valence-corrected chi connectivity index (χ1v) is 21.0. The van der Waals surface area contributed by atoms with Gasteiger partial charge in [0.05, 0.1) is 54.8 Å². The molecular formula is C48H25BF24N2O2. The lowest BCUT2D eigenvalue weighted by atomic mass is 9.12. The Balaban J connectivity index is 0.000000397. The van der Waals surface area contributed by atoms with E-state index in [9.17, 15) is 115 Å². The van der Waals surface area contributed by atoms with Crippen LogP contribution in [0.3, 0.4) is 0 Å². The molecule has 77 heavy (non-hydrogen) atoms. The lowest BCUT2D eigenvalue weighted by Gasteiger charge is -2.46. The first-order chi connectivity index (χ1) is 35.0. The zero-order valence-electron chi connectivity index (χ0n) is 37.3. The standard InChI is InChI=1S/C32H12BF24.C16H13N2O2/c34-25(35,36)13-1-14(26(37,38)39)6-21(5-13)33(22-7-15(27(40,41)42)2-16(8-22)28(43,44)45,23-9-17(29(46,47)48)3-18(10-23)30(49,50)51)24-11-19(31(52,53)54)4-20(12-24)32(55,56)57;19-18(20)16-7-6-14-8-9-17(12-15(14)10-16)11-13-4-2-1-3-5-13/h1-12H;1-10,12H,11H2/q-1;+1. The summed E-state index contributed by atoms with van der Waals surface area (Å²) in [6, 6.07) is 8.19. The molecule has 0 saturated carbocycles. The van der Waals surface area contributed by atoms with Crippen LogP contribution in [0.1, 0.15) is 50.1 Å². The highest BCUT2D eigenvalue weighted by molar-refractivity contribution is 7.20. The molecule has 0 radical (unpaired) electrons. The zero-order valence-corrected chi connectivity index (χ0v) is 37.3. The molecule has 0 amide bonds. The highest BCUT2D eigenvalue weighted by atomic mass is 19.4. The van der Waals surface area contributed by atoms with Crippen molar-refractivity contribution < 1.29 is 115 Å². The second kappa shape index (κ2) is 20.1. The summed E-state index contributed by atoms with van der Waals surface area (Å²) in [6.07, 6.45) is -50.9. The van der Waals surface area contributed by atoms with Gasteiger partial charge in [-0.05, 0) is 35.7 Å². The molecule has 0 fully saturated rings. The molecule has 1 aromatic heterocycles. The molecule has 0 saturated heterocycles. The Labute approximate surface area is 414 Å². The van der Waals surface area contributed by atoms with E-state index in [1.807, 2.05) is 41.2 Å². The molecule has 0 aliphatic heterocycles. The van der Waals surface area contributed by atoms with Gasteiger partial charge in [-0.3, -0.25) is 10.1 Å². The van der Waals surface area contributed by atoms with Gasteiger partial charge in [0.25, 0.3) is 5.69 Å². The molecule has 0 atom stereocenters. The minimum Gasteiger partial charge on any atom is -0.258 e. The van der Waals surface area contributed by atoms with E-state index in [-0.39, 0.29) is 10.6 Å². The van der Waals surface area contributed by atoms with Crippen LogP contribution in [0, 0.1) is 10.1 Å². The van der Waals surface area contributed by atoms with E-state index in [4.69, 9.17) is 0 Å². The molecule has 6 aromatic carbocycles. The third-order valence-electron chi connectivity index (χ3n) is 11.7. The van der Waals surface area contributed by atoms with E-state index in [1.54, 1.807) is 12.1 Å². The normalized spacial score (nSPS) is 13.4. The van der Waals surface area contributed by atoms with Crippen LogP contribution in [-0.2, 0) is 56.0 Å². The van der Waals surface area contributed by atoms with Crippen LogP contribution in [-0.4, -0.2) is 11.1 Å². The van der Waals surface area contributed by atoms with E-state index < -0.39 is 195 Å². The molecule has 1 heterocycles. The van der Waals surface area contributed by atoms with E-state index in [1.165, 1.54) is 11.6 Å². The number of halogens is 24. The largest absolute Gasteiger partial charge is 0.416 e. The van der Waals surface area contributed by atoms with E-state index in [2.05, 4.69) is 12.1 Å². The van der Waals surface area contributed by atoms with Gasteiger partial charge in [-0.1, -0.05) is 78.9 Å². The summed E-state index contributed by atoms with van der Waals surface area (Å²) in [5.41, 5.74) is -28.9. The van der Waals surface area contributed by atoms with Crippen LogP contribution in [0.2, 0.25) is 0 Å². The van der Waals surface area contributed by atoms with Crippen molar-refractivity contribution in [3.8, 4) is 0 Å². The van der Waals surface area contributed by atoms with Gasteiger partial charge in [-0.2, -0.15) is 127 Å². The summed E-state index contributed by atoms with van der Waals surface area (Å²) in [4.78, 5) is 10.5. The number of nitro benzene ring substituents is 1. The molecule has 0 aliphatic rings. The van der Waals surface area contributed by atoms with Crippen molar-refractivity contribution in [1.82, 2.24) is 0 Å². The molecule has 410 valence electrons. The monoisotopic (exact) mass is 1130 g/mol. The van der Waals surface area contributed by atoms with Crippen molar-refractivity contribution in [3.63, 3.8) is 0 Å². The highest BCUT2D eigenvalue weighted by Crippen LogP contribution is 2.41. The van der Waals surface area contributed by atoms with Gasteiger partial charge < -0.3 is 0 Å². The van der Waals surface area contributed by atoms with Gasteiger partial charge in [0, 0.05) is 23.8 Å². The Morgan fingerprint density at radius 3 is 0.909 bits per heavy atom. The molecule has 0 N–H and O–H groups in total. The minimum absolute atomic E-state index is 0.120. The van der Waals surface area contributed by atoms with Crippen molar-refractivity contribution in [1.29, 1.82) is 0 Å². The fraction of sp³-hybridized carbons (Fsp3) is 0.188. The van der Waals surface area contributed by atoms with Gasteiger partial charge in [0.2, 0.25) is 0 Å². The fourth-order valence-corrected chi connectivity index (χ4v) is 8.30. The molecule has 7 aromatic rings. The van der Waals surface area contributed by atoms with Crippen LogP contribution < -0.4 is 26.4 Å². The maximum absolute atomic E-state index is 14.2. The van der Waals surface area contributed by atoms with Crippen molar-refractivity contribution in [2.24, 2.45) is 0 Å². The average Bonchev–Trinajstić information content (AvgIpc) is 3.29. The number of hydrogen-bond donors (Lipinski definition) is 0. The summed E-state index contributed by atoms with van der Waals surface area (Å²) in [5, 5.41) is 12.7. The van der Waals surface area contributed by atoms with Gasteiger partial charge in [0.1, 0.15) is 6.15 Å². The van der Waals surface area contributed by atoms with E-state index in [0.717, 1.165) is 17.3 Å². The quantitative estimate of drug-likeness (QED) is 0.0525. The van der Waals surface area contributed by atoms with Crippen LogP contribution in [0.5, 0.6) is 0 Å². The second-order valence-corrected chi connectivity index (χ2v) is 16.9. The summed E-state index contributed by atoms with van der Waals surface area (Å²) in [5.74, 6) is 0. The van der Waals surface area contributed by atoms with E-state index >= 15 is 0 Å². The van der Waals surface area contributed by atoms with Gasteiger partial charge in [0.15, 0.2) is 18.9 Å². The number of alkyl halides is 24. The Morgan fingerprint density at radius 1 is 0.364 bits per heavy atom. The van der Waals surface area contributed by atoms with E-state index in [0.29, 0.717) is 0 Å². The zero-order chi connectivity index (χ0) is 57.9. The molecule has 0 spiro atoms. The topological polar surface area (TPSA) is 47.0 Å². The third kappa shape index (κ3) is 13.4. The predicted molar refractivity (Wildman–Crippen MR) is 226 cm³/mol. The lowest BCUT2D eigenvalue weighted by molar-refractivity contribution is -0.687. The lowest BCUT2D eigenvalue weighted by Crippen LogP contribution is -2.75. The van der Waals surface area contributed by atoms with Crippen molar-refractivity contribution in [2.45, 2.75) is 56.0 Å². The van der Waals surface area contributed by atoms with Crippen LogP contribution in [0.4, 0.5) is 111 Å². The molecule has 29 heteroatoms. The summed E-state index contributed by atoms with van der Waals surface area (Å²) < 4.78 is 343. The number of pyridine rings is 1. The summed E-state index contributed by atoms with van der Waals surface area (Å²) >= 11 is 0. The number of hydrogen-bond acceptors (Lipinski definition) is 2. The first kappa shape index (κ1) is 58.8. The fourth-order valence-electron chi connectivity index (χ4n) is 8.30. The maximum atomic E-state index is 14.2. The van der Waals surface area contributed by atoms with Crippen LogP contribution in [0.25, 0.3) is 10.8 Å². The number of rotatable bonds is 7. The van der Waals surface area contributed by atoms with Crippen molar-refractivity contribution in [2.75, 3.05) is 0 Å². The molecule has 7 rings (SSSR count). The number of non-ortho nitro benzene ring substituents is 1. The molecule has 4 nitrogen and oxygen atoms in total. The second-order valence-electron chi connectivity index (χ2n) is 16.9. The summed E-state index contributed by atoms with van der Waals surface area (Å²) in [6.45, 7) is 0.749. The Kier molecular flexibility index (Phi) is 15.4. The SMILES string of the molecule is FC(F)(F)c1cc([B-](c2cc(C(F)(F)F)cc(C(F)(F)F)c2)(c2cc(C(F)(F)F)cc(C(F)(F)F)c2)c2cc(C(F)(F)F)cc(C(F)(F)F)c2)cc(C(F)(F)F)c1.O=[N+]([O-])c1ccc2cc[n+](Cc3ccccc3)cc2c1. The Bertz CT molecular complexity index is 2880. The first-order valence-electron chi connectivity index (χ1n) is 21.0. The number of nitro groups is 1. The Morgan fingerprint density at radius 2 is 0.649 bits per heavy atom. The Hall–Kier alpha value is -7.49. The molecule has 0 unspecified atom stereocenters. The number of fused-ring (bicyclic) bond motifs is 1. The summed E-state index contributed by atoms with van der Waals surface area (Å²) in [7, 11) is 0. The number of nitrogens with zero attached hydrogens (tertiary/aromatic N) is 2. The smallest absolute Gasteiger partial charge is 0.258 e. The average molecular weight is 1130 g/mol. The van der Waals surface area contributed by atoms with Gasteiger partial charge in [-0.15, -0.1) is 0 Å². The van der Waals surface area contributed by atoms with Gasteiger partial charge >= 0.3 is 49.4 Å². The molecule has 0 aliphatic carbocycles. The maximum Gasteiger partial charge on any atom is 0.416 e. The highest BCUT2D eigenvalue weighted by Gasteiger charge is 2.47. The van der Waals surface area contributed by atoms with Gasteiger partial charge in [-0.25, -0.2) is 4.57 Å². The third-order valence-corrected chi connectivity index (χ3v) is 11.7. The predicted octanol–water partition coefficient (Wildman–Crippen LogP) is 14.3. The molecular weight excluding hydrogens is 1100 g/mol.